The summed E-state index contributed by atoms with van der Waals surface area (Å²) in [5.41, 5.74) is 2.38. The van der Waals surface area contributed by atoms with Gasteiger partial charge in [0.25, 0.3) is 0 Å². The van der Waals surface area contributed by atoms with Crippen molar-refractivity contribution in [2.45, 2.75) is 71.4 Å². The Balaban J connectivity index is 0.000000404. The molecule has 2 aromatic rings. The molecule has 0 fully saturated rings. The highest BCUT2D eigenvalue weighted by atomic mass is 28.4. The van der Waals surface area contributed by atoms with Crippen LogP contribution in [-0.4, -0.2) is 47.8 Å². The van der Waals surface area contributed by atoms with Gasteiger partial charge in [-0.15, -0.1) is 0 Å². The molecular formula is C23H36B2F2O6Si. The van der Waals surface area contributed by atoms with E-state index in [-0.39, 0.29) is 17.6 Å². The van der Waals surface area contributed by atoms with Crippen LogP contribution in [0.3, 0.4) is 0 Å². The van der Waals surface area contributed by atoms with Gasteiger partial charge in [-0.2, -0.15) is 0 Å². The van der Waals surface area contributed by atoms with Gasteiger partial charge in [0, 0.05) is 0 Å². The van der Waals surface area contributed by atoms with Crippen molar-refractivity contribution in [1.29, 1.82) is 0 Å². The van der Waals surface area contributed by atoms with E-state index in [0.29, 0.717) is 27.6 Å². The van der Waals surface area contributed by atoms with Crippen LogP contribution in [0.25, 0.3) is 0 Å². The summed E-state index contributed by atoms with van der Waals surface area (Å²) < 4.78 is 32.4. The Kier molecular flexibility index (Phi) is 12.1. The zero-order valence-corrected chi connectivity index (χ0v) is 21.7. The van der Waals surface area contributed by atoms with E-state index in [4.69, 9.17) is 19.6 Å². The fraction of sp³-hybridized carbons (Fsp3) is 0.478. The molecule has 2 aromatic carbocycles. The van der Waals surface area contributed by atoms with Crippen LogP contribution >= 0.6 is 0 Å². The van der Waals surface area contributed by atoms with Gasteiger partial charge < -0.3 is 29.6 Å². The zero-order chi connectivity index (χ0) is 26.2. The lowest BCUT2D eigenvalue weighted by atomic mass is 9.77. The van der Waals surface area contributed by atoms with Crippen molar-refractivity contribution in [3.8, 4) is 0 Å². The molecule has 0 saturated heterocycles. The SMILES string of the molecule is CC(C)[Si](OCc1cc(F)ccc1B(O)O)(C(C)C)C(C)C.OCc1cc(F)ccc1B(O)O. The van der Waals surface area contributed by atoms with E-state index in [2.05, 4.69) is 41.5 Å². The van der Waals surface area contributed by atoms with Crippen LogP contribution in [0.2, 0.25) is 16.6 Å². The molecule has 188 valence electrons. The Labute approximate surface area is 202 Å². The average Bonchev–Trinajstić information content (AvgIpc) is 2.73. The lowest BCUT2D eigenvalue weighted by Gasteiger charge is -2.42. The first-order chi connectivity index (χ1) is 15.8. The minimum absolute atomic E-state index is 0.124. The second-order valence-electron chi connectivity index (χ2n) is 9.20. The second-order valence-corrected chi connectivity index (χ2v) is 14.7. The Morgan fingerprint density at radius 3 is 1.47 bits per heavy atom. The van der Waals surface area contributed by atoms with Gasteiger partial charge in [0.2, 0.25) is 8.32 Å². The average molecular weight is 496 g/mol. The molecule has 0 aliphatic heterocycles. The minimum atomic E-state index is -2.07. The van der Waals surface area contributed by atoms with Gasteiger partial charge in [0.15, 0.2) is 0 Å². The van der Waals surface area contributed by atoms with Crippen LogP contribution in [0.5, 0.6) is 0 Å². The largest absolute Gasteiger partial charge is 0.488 e. The number of aliphatic hydroxyl groups is 1. The van der Waals surface area contributed by atoms with Crippen LogP contribution < -0.4 is 10.9 Å². The maximum atomic E-state index is 13.5. The molecule has 34 heavy (non-hydrogen) atoms. The molecule has 0 saturated carbocycles. The van der Waals surface area contributed by atoms with Crippen LogP contribution in [0.15, 0.2) is 36.4 Å². The fourth-order valence-electron chi connectivity index (χ4n) is 4.62. The lowest BCUT2D eigenvalue weighted by Crippen LogP contribution is -2.48. The van der Waals surface area contributed by atoms with Crippen molar-refractivity contribution in [1.82, 2.24) is 0 Å². The smallest absolute Gasteiger partial charge is 0.423 e. The third-order valence-electron chi connectivity index (χ3n) is 6.12. The van der Waals surface area contributed by atoms with Crippen LogP contribution in [0, 0.1) is 11.6 Å². The third kappa shape index (κ3) is 7.71. The summed E-state index contributed by atoms with van der Waals surface area (Å²) in [5, 5.41) is 45.1. The summed E-state index contributed by atoms with van der Waals surface area (Å²) >= 11 is 0. The van der Waals surface area contributed by atoms with Gasteiger partial charge in [-0.05, 0) is 62.9 Å². The van der Waals surface area contributed by atoms with E-state index >= 15 is 0 Å². The topological polar surface area (TPSA) is 110 Å². The molecule has 0 amide bonds. The van der Waals surface area contributed by atoms with Crippen molar-refractivity contribution in [2.24, 2.45) is 0 Å². The van der Waals surface area contributed by atoms with E-state index in [1.54, 1.807) is 0 Å². The number of hydrogen-bond donors (Lipinski definition) is 5. The number of rotatable bonds is 9. The van der Waals surface area contributed by atoms with E-state index in [1.165, 1.54) is 24.3 Å². The molecule has 0 aliphatic rings. The summed E-state index contributed by atoms with van der Waals surface area (Å²) in [7, 11) is -5.36. The zero-order valence-electron chi connectivity index (χ0n) is 20.7. The molecule has 0 bridgehead atoms. The van der Waals surface area contributed by atoms with E-state index in [1.807, 2.05) is 0 Å². The monoisotopic (exact) mass is 496 g/mol. The molecule has 2 rings (SSSR count). The number of benzene rings is 2. The van der Waals surface area contributed by atoms with Gasteiger partial charge in [0.05, 0.1) is 13.2 Å². The summed E-state index contributed by atoms with van der Waals surface area (Å²) in [6.07, 6.45) is 0. The van der Waals surface area contributed by atoms with Crippen molar-refractivity contribution in [2.75, 3.05) is 0 Å². The quantitative estimate of drug-likeness (QED) is 0.341. The van der Waals surface area contributed by atoms with Gasteiger partial charge in [-0.25, -0.2) is 8.78 Å². The Morgan fingerprint density at radius 2 is 1.12 bits per heavy atom. The highest BCUT2D eigenvalue weighted by Gasteiger charge is 2.45. The minimum Gasteiger partial charge on any atom is -0.423 e. The first-order valence-corrected chi connectivity index (χ1v) is 13.5. The van der Waals surface area contributed by atoms with Crippen LogP contribution in [0.1, 0.15) is 52.7 Å². The van der Waals surface area contributed by atoms with Gasteiger partial charge in [-0.3, -0.25) is 0 Å². The maximum absolute atomic E-state index is 13.5. The van der Waals surface area contributed by atoms with Gasteiger partial charge >= 0.3 is 14.2 Å². The number of aliphatic hydroxyl groups excluding tert-OH is 1. The number of halogens is 2. The molecular weight excluding hydrogens is 460 g/mol. The lowest BCUT2D eigenvalue weighted by molar-refractivity contribution is 0.265. The molecule has 0 radical (unpaired) electrons. The van der Waals surface area contributed by atoms with Crippen molar-refractivity contribution in [3.05, 3.63) is 59.2 Å². The fourth-order valence-corrected chi connectivity index (χ4v) is 10.0. The molecule has 0 unspecified atom stereocenters. The molecule has 0 atom stereocenters. The van der Waals surface area contributed by atoms with Crippen LogP contribution in [0.4, 0.5) is 8.78 Å². The maximum Gasteiger partial charge on any atom is 0.488 e. The second kappa shape index (κ2) is 13.5. The van der Waals surface area contributed by atoms with Crippen LogP contribution in [-0.2, 0) is 17.6 Å². The molecule has 0 spiro atoms. The Bertz CT molecular complexity index is 891. The Hall–Kier alpha value is -1.59. The highest BCUT2D eigenvalue weighted by Crippen LogP contribution is 2.42. The Morgan fingerprint density at radius 1 is 0.735 bits per heavy atom. The van der Waals surface area contributed by atoms with Crippen molar-refractivity contribution < 1.29 is 38.4 Å². The predicted octanol–water partition coefficient (Wildman–Crippen LogP) is 2.20. The first kappa shape index (κ1) is 30.4. The molecule has 6 nitrogen and oxygen atoms in total. The normalized spacial score (nSPS) is 11.6. The molecule has 5 N–H and O–H groups in total. The molecule has 0 aliphatic carbocycles. The number of hydrogen-bond acceptors (Lipinski definition) is 6. The summed E-state index contributed by atoms with van der Waals surface area (Å²) in [6, 6.07) is 7.36. The van der Waals surface area contributed by atoms with Gasteiger partial charge in [0.1, 0.15) is 11.6 Å². The van der Waals surface area contributed by atoms with E-state index in [9.17, 15) is 18.8 Å². The van der Waals surface area contributed by atoms with Gasteiger partial charge in [-0.1, -0.05) is 53.7 Å². The van der Waals surface area contributed by atoms with E-state index in [0.717, 1.165) is 12.1 Å². The molecule has 0 aromatic heterocycles. The van der Waals surface area contributed by atoms with Crippen molar-refractivity contribution >= 4 is 33.5 Å². The summed E-state index contributed by atoms with van der Waals surface area (Å²) in [5.74, 6) is -0.905. The first-order valence-electron chi connectivity index (χ1n) is 11.3. The molecule has 0 heterocycles. The summed E-state index contributed by atoms with van der Waals surface area (Å²) in [4.78, 5) is 0. The standard InChI is InChI=1S/C16H28BFO3Si.C7H8BFO3/c1-11(2)22(12(3)4,13(5)6)21-10-14-9-15(18)7-8-16(14)17(19)20;9-6-1-2-7(8(11)12)5(3-6)4-10/h7-9,11-13,19-20H,10H2,1-6H3;1-3,10-12H,4H2. The van der Waals surface area contributed by atoms with E-state index < -0.39 is 40.8 Å². The molecule has 11 heteroatoms. The van der Waals surface area contributed by atoms with Crippen molar-refractivity contribution in [3.63, 3.8) is 0 Å². The highest BCUT2D eigenvalue weighted by molar-refractivity contribution is 6.77. The predicted molar refractivity (Wildman–Crippen MR) is 134 cm³/mol. The summed E-state index contributed by atoms with van der Waals surface area (Å²) in [6.45, 7) is 12.9. The third-order valence-corrected chi connectivity index (χ3v) is 12.2.